The zero-order chi connectivity index (χ0) is 12.1. The molecular weight excluding hydrogens is 208 g/mol. The second kappa shape index (κ2) is 5.81. The molecule has 1 aliphatic heterocycles. The highest BCUT2D eigenvalue weighted by atomic mass is 16.2. The standard InChI is InChI=1S/C10H20N4O2/c1-8(10(16)12-11)7-13-3-5-14(6-4-13)9(2)15/h8H,3-7,11H2,1-2H3,(H,12,16). The predicted octanol–water partition coefficient (Wildman–Crippen LogP) is -1.22. The summed E-state index contributed by atoms with van der Waals surface area (Å²) < 4.78 is 0. The molecule has 0 aromatic heterocycles. The highest BCUT2D eigenvalue weighted by Crippen LogP contribution is 2.05. The predicted molar refractivity (Wildman–Crippen MR) is 60.2 cm³/mol. The lowest BCUT2D eigenvalue weighted by Gasteiger charge is -2.35. The van der Waals surface area contributed by atoms with Crippen LogP contribution in [0.2, 0.25) is 0 Å². The molecule has 3 N–H and O–H groups in total. The van der Waals surface area contributed by atoms with Crippen LogP contribution in [0.4, 0.5) is 0 Å². The Morgan fingerprint density at radius 2 is 1.88 bits per heavy atom. The molecule has 0 aromatic rings. The van der Waals surface area contributed by atoms with E-state index in [0.29, 0.717) is 6.54 Å². The second-order valence-corrected chi connectivity index (χ2v) is 4.22. The molecule has 6 heteroatoms. The summed E-state index contributed by atoms with van der Waals surface area (Å²) >= 11 is 0. The van der Waals surface area contributed by atoms with Crippen LogP contribution in [0.1, 0.15) is 13.8 Å². The van der Waals surface area contributed by atoms with E-state index in [1.807, 2.05) is 11.8 Å². The quantitative estimate of drug-likeness (QED) is 0.360. The molecule has 2 amide bonds. The number of hydrogen-bond acceptors (Lipinski definition) is 4. The summed E-state index contributed by atoms with van der Waals surface area (Å²) in [6, 6.07) is 0. The van der Waals surface area contributed by atoms with Gasteiger partial charge in [-0.3, -0.25) is 19.9 Å². The number of carbonyl (C=O) groups is 2. The molecule has 1 saturated heterocycles. The van der Waals surface area contributed by atoms with Gasteiger partial charge in [-0.15, -0.1) is 0 Å². The molecule has 0 aliphatic carbocycles. The molecule has 16 heavy (non-hydrogen) atoms. The van der Waals surface area contributed by atoms with Gasteiger partial charge in [0, 0.05) is 45.6 Å². The van der Waals surface area contributed by atoms with E-state index in [-0.39, 0.29) is 17.7 Å². The van der Waals surface area contributed by atoms with Gasteiger partial charge < -0.3 is 4.90 Å². The molecule has 0 radical (unpaired) electrons. The number of nitrogens with two attached hydrogens (primary N) is 1. The molecule has 92 valence electrons. The van der Waals surface area contributed by atoms with E-state index in [2.05, 4.69) is 10.3 Å². The van der Waals surface area contributed by atoms with Crippen LogP contribution in [0.25, 0.3) is 0 Å². The van der Waals surface area contributed by atoms with Crippen molar-refractivity contribution in [2.24, 2.45) is 11.8 Å². The lowest BCUT2D eigenvalue weighted by Crippen LogP contribution is -2.50. The van der Waals surface area contributed by atoms with E-state index >= 15 is 0 Å². The Balaban J connectivity index is 2.32. The van der Waals surface area contributed by atoms with Gasteiger partial charge in [0.25, 0.3) is 0 Å². The molecule has 0 bridgehead atoms. The van der Waals surface area contributed by atoms with E-state index in [0.717, 1.165) is 26.2 Å². The van der Waals surface area contributed by atoms with Gasteiger partial charge in [-0.25, -0.2) is 5.84 Å². The van der Waals surface area contributed by atoms with Crippen molar-refractivity contribution in [3.8, 4) is 0 Å². The van der Waals surface area contributed by atoms with Crippen molar-refractivity contribution >= 4 is 11.8 Å². The largest absolute Gasteiger partial charge is 0.340 e. The van der Waals surface area contributed by atoms with Gasteiger partial charge in [0.15, 0.2) is 0 Å². The summed E-state index contributed by atoms with van der Waals surface area (Å²) in [6.45, 7) is 7.25. The Kier molecular flexibility index (Phi) is 4.70. The summed E-state index contributed by atoms with van der Waals surface area (Å²) in [7, 11) is 0. The lowest BCUT2D eigenvalue weighted by atomic mass is 10.1. The van der Waals surface area contributed by atoms with E-state index in [1.165, 1.54) is 0 Å². The number of nitrogens with one attached hydrogen (secondary N) is 1. The minimum absolute atomic E-state index is 0.117. The van der Waals surface area contributed by atoms with Gasteiger partial charge in [-0.2, -0.15) is 0 Å². The maximum Gasteiger partial charge on any atom is 0.237 e. The first-order valence-corrected chi connectivity index (χ1v) is 5.53. The van der Waals surface area contributed by atoms with Crippen molar-refractivity contribution in [1.82, 2.24) is 15.2 Å². The fraction of sp³-hybridized carbons (Fsp3) is 0.800. The highest BCUT2D eigenvalue weighted by Gasteiger charge is 2.21. The van der Waals surface area contributed by atoms with Crippen molar-refractivity contribution < 1.29 is 9.59 Å². The molecular formula is C10H20N4O2. The summed E-state index contributed by atoms with van der Waals surface area (Å²) in [4.78, 5) is 26.3. The lowest BCUT2D eigenvalue weighted by molar-refractivity contribution is -0.131. The molecule has 0 saturated carbocycles. The Morgan fingerprint density at radius 3 is 2.31 bits per heavy atom. The number of rotatable bonds is 3. The Hall–Kier alpha value is -1.14. The Bertz CT molecular complexity index is 262. The zero-order valence-corrected chi connectivity index (χ0v) is 9.90. The molecule has 1 unspecified atom stereocenters. The maximum atomic E-state index is 11.2. The van der Waals surface area contributed by atoms with Crippen LogP contribution >= 0.6 is 0 Å². The van der Waals surface area contributed by atoms with Crippen LogP contribution in [-0.2, 0) is 9.59 Å². The molecule has 1 rings (SSSR count). The summed E-state index contributed by atoms with van der Waals surface area (Å²) in [5.41, 5.74) is 2.15. The van der Waals surface area contributed by atoms with Crippen molar-refractivity contribution in [3.63, 3.8) is 0 Å². The molecule has 6 nitrogen and oxygen atoms in total. The first-order valence-electron chi connectivity index (χ1n) is 5.53. The number of amides is 2. The van der Waals surface area contributed by atoms with Crippen LogP contribution in [0.15, 0.2) is 0 Å². The molecule has 1 atom stereocenters. The minimum Gasteiger partial charge on any atom is -0.340 e. The number of hydrazine groups is 1. The Morgan fingerprint density at radius 1 is 1.31 bits per heavy atom. The third-order valence-corrected chi connectivity index (χ3v) is 2.94. The van der Waals surface area contributed by atoms with Gasteiger partial charge in [-0.05, 0) is 0 Å². The average molecular weight is 228 g/mol. The maximum absolute atomic E-state index is 11.2. The van der Waals surface area contributed by atoms with E-state index in [9.17, 15) is 9.59 Å². The SMILES string of the molecule is CC(=O)N1CCN(CC(C)C(=O)NN)CC1. The van der Waals surface area contributed by atoms with Crippen molar-refractivity contribution in [1.29, 1.82) is 0 Å². The molecule has 1 aliphatic rings. The fourth-order valence-corrected chi connectivity index (χ4v) is 1.86. The Labute approximate surface area is 95.7 Å². The van der Waals surface area contributed by atoms with Crippen molar-refractivity contribution in [2.75, 3.05) is 32.7 Å². The molecule has 0 aromatic carbocycles. The van der Waals surface area contributed by atoms with Gasteiger partial charge in [0.2, 0.25) is 11.8 Å². The van der Waals surface area contributed by atoms with Crippen LogP contribution in [0, 0.1) is 5.92 Å². The van der Waals surface area contributed by atoms with Crippen LogP contribution in [0.5, 0.6) is 0 Å². The normalized spacial score (nSPS) is 19.3. The van der Waals surface area contributed by atoms with Gasteiger partial charge in [0.05, 0.1) is 0 Å². The number of nitrogens with zero attached hydrogens (tertiary/aromatic N) is 2. The first kappa shape index (κ1) is 12.9. The van der Waals surface area contributed by atoms with E-state index in [4.69, 9.17) is 5.84 Å². The van der Waals surface area contributed by atoms with Crippen LogP contribution < -0.4 is 11.3 Å². The zero-order valence-electron chi connectivity index (χ0n) is 9.90. The summed E-state index contributed by atoms with van der Waals surface area (Å²) in [6.07, 6.45) is 0. The number of piperazine rings is 1. The minimum atomic E-state index is -0.144. The number of hydrogen-bond donors (Lipinski definition) is 2. The molecule has 1 heterocycles. The van der Waals surface area contributed by atoms with Gasteiger partial charge >= 0.3 is 0 Å². The highest BCUT2D eigenvalue weighted by molar-refractivity contribution is 5.77. The first-order chi connectivity index (χ1) is 7.54. The van der Waals surface area contributed by atoms with Gasteiger partial charge in [-0.1, -0.05) is 6.92 Å². The van der Waals surface area contributed by atoms with E-state index < -0.39 is 0 Å². The topological polar surface area (TPSA) is 78.7 Å². The second-order valence-electron chi connectivity index (χ2n) is 4.22. The van der Waals surface area contributed by atoms with Crippen molar-refractivity contribution in [2.45, 2.75) is 13.8 Å². The summed E-state index contributed by atoms with van der Waals surface area (Å²) in [5.74, 6) is 4.93. The average Bonchev–Trinajstić information content (AvgIpc) is 2.28. The third-order valence-electron chi connectivity index (χ3n) is 2.94. The van der Waals surface area contributed by atoms with E-state index in [1.54, 1.807) is 6.92 Å². The summed E-state index contributed by atoms with van der Waals surface area (Å²) in [5, 5.41) is 0. The molecule has 1 fully saturated rings. The van der Waals surface area contributed by atoms with Crippen LogP contribution in [0.3, 0.4) is 0 Å². The smallest absolute Gasteiger partial charge is 0.237 e. The molecule has 0 spiro atoms. The van der Waals surface area contributed by atoms with Crippen LogP contribution in [-0.4, -0.2) is 54.3 Å². The fourth-order valence-electron chi connectivity index (χ4n) is 1.86. The number of carbonyl (C=O) groups excluding carboxylic acids is 2. The third kappa shape index (κ3) is 3.46. The monoisotopic (exact) mass is 228 g/mol. The van der Waals surface area contributed by atoms with Gasteiger partial charge in [0.1, 0.15) is 0 Å². The van der Waals surface area contributed by atoms with Crippen molar-refractivity contribution in [3.05, 3.63) is 0 Å².